The monoisotopic (exact) mass is 166 g/mol. The van der Waals surface area contributed by atoms with E-state index in [1.165, 1.54) is 6.08 Å². The lowest BCUT2D eigenvalue weighted by molar-refractivity contribution is -0.104. The third-order valence-corrected chi connectivity index (χ3v) is 1.77. The molecule has 2 heteroatoms. The average molecular weight is 166 g/mol. The van der Waals surface area contributed by atoms with E-state index in [2.05, 4.69) is 19.1 Å². The van der Waals surface area contributed by atoms with Crippen LogP contribution in [0.25, 0.3) is 0 Å². The fraction of sp³-hybridized carbons (Fsp3) is 0.500. The molecule has 66 valence electrons. The van der Waals surface area contributed by atoms with Gasteiger partial charge in [-0.05, 0) is 18.9 Å². The summed E-state index contributed by atoms with van der Waals surface area (Å²) in [5, 5.41) is 0. The summed E-state index contributed by atoms with van der Waals surface area (Å²) in [5.41, 5.74) is 0. The van der Waals surface area contributed by atoms with Crippen molar-refractivity contribution < 1.29 is 9.53 Å². The van der Waals surface area contributed by atoms with Crippen LogP contribution in [0.2, 0.25) is 0 Å². The summed E-state index contributed by atoms with van der Waals surface area (Å²) in [6.45, 7) is 2.11. The molecule has 0 aromatic rings. The van der Waals surface area contributed by atoms with Gasteiger partial charge < -0.3 is 4.74 Å². The van der Waals surface area contributed by atoms with E-state index in [1.54, 1.807) is 6.08 Å². The number of carbonyl (C=O) groups excluding carboxylic acids is 1. The van der Waals surface area contributed by atoms with Crippen LogP contribution < -0.4 is 0 Å². The Balaban J connectivity index is 2.11. The van der Waals surface area contributed by atoms with Crippen molar-refractivity contribution in [2.24, 2.45) is 0 Å². The first-order chi connectivity index (χ1) is 5.88. The van der Waals surface area contributed by atoms with Crippen molar-refractivity contribution in [2.75, 3.05) is 0 Å². The molecule has 0 spiro atoms. The van der Waals surface area contributed by atoms with Crippen LogP contribution in [0.15, 0.2) is 24.3 Å². The maximum Gasteiger partial charge on any atom is 0.142 e. The summed E-state index contributed by atoms with van der Waals surface area (Å²) < 4.78 is 5.27. The minimum atomic E-state index is 0.178. The second kappa shape index (κ2) is 4.88. The van der Waals surface area contributed by atoms with E-state index in [1.807, 2.05) is 0 Å². The number of ether oxygens (including phenoxy) is 1. The number of rotatable bonds is 5. The van der Waals surface area contributed by atoms with Crippen LogP contribution in [0.5, 0.6) is 0 Å². The molecular formula is C10H14O2. The summed E-state index contributed by atoms with van der Waals surface area (Å²) in [7, 11) is 0. The van der Waals surface area contributed by atoms with Gasteiger partial charge in [-0.15, -0.1) is 0 Å². The van der Waals surface area contributed by atoms with Crippen LogP contribution in [0.1, 0.15) is 19.8 Å². The summed E-state index contributed by atoms with van der Waals surface area (Å²) >= 11 is 0. The maximum absolute atomic E-state index is 9.95. The molecule has 0 aromatic carbocycles. The summed E-state index contributed by atoms with van der Waals surface area (Å²) in [4.78, 5) is 9.95. The van der Waals surface area contributed by atoms with Gasteiger partial charge in [0.15, 0.2) is 0 Å². The Morgan fingerprint density at radius 1 is 1.42 bits per heavy atom. The molecule has 0 aliphatic carbocycles. The van der Waals surface area contributed by atoms with Crippen molar-refractivity contribution >= 4 is 6.29 Å². The molecular weight excluding hydrogens is 152 g/mol. The Morgan fingerprint density at radius 3 is 2.92 bits per heavy atom. The van der Waals surface area contributed by atoms with Crippen molar-refractivity contribution in [3.05, 3.63) is 24.3 Å². The smallest absolute Gasteiger partial charge is 0.142 e. The van der Waals surface area contributed by atoms with Crippen molar-refractivity contribution in [3.63, 3.8) is 0 Å². The molecule has 1 saturated heterocycles. The second-order valence-electron chi connectivity index (χ2n) is 2.78. The van der Waals surface area contributed by atoms with Crippen molar-refractivity contribution in [2.45, 2.75) is 32.0 Å². The predicted molar refractivity (Wildman–Crippen MR) is 47.9 cm³/mol. The quantitative estimate of drug-likeness (QED) is 0.270. The normalized spacial score (nSPS) is 28.4. The zero-order valence-corrected chi connectivity index (χ0v) is 7.27. The zero-order chi connectivity index (χ0) is 8.81. The Bertz CT molecular complexity index is 194. The molecule has 12 heavy (non-hydrogen) atoms. The van der Waals surface area contributed by atoms with E-state index in [4.69, 9.17) is 4.74 Å². The molecule has 0 amide bonds. The molecule has 0 saturated carbocycles. The van der Waals surface area contributed by atoms with Crippen molar-refractivity contribution in [1.29, 1.82) is 0 Å². The Morgan fingerprint density at radius 2 is 2.25 bits per heavy atom. The van der Waals surface area contributed by atoms with E-state index in [0.29, 0.717) is 6.10 Å². The lowest BCUT2D eigenvalue weighted by atomic mass is 10.2. The molecule has 2 nitrogen and oxygen atoms in total. The van der Waals surface area contributed by atoms with Gasteiger partial charge in [-0.1, -0.05) is 25.2 Å². The van der Waals surface area contributed by atoms with E-state index >= 15 is 0 Å². The van der Waals surface area contributed by atoms with Gasteiger partial charge in [0.25, 0.3) is 0 Å². The van der Waals surface area contributed by atoms with E-state index in [9.17, 15) is 4.79 Å². The number of hydrogen-bond acceptors (Lipinski definition) is 2. The molecule has 1 aliphatic rings. The van der Waals surface area contributed by atoms with Crippen molar-refractivity contribution in [3.8, 4) is 0 Å². The van der Waals surface area contributed by atoms with Crippen LogP contribution in [0.3, 0.4) is 0 Å². The summed E-state index contributed by atoms with van der Waals surface area (Å²) in [6, 6.07) is 0. The lowest BCUT2D eigenvalue weighted by Crippen LogP contribution is -1.87. The maximum atomic E-state index is 9.95. The average Bonchev–Trinajstić information content (AvgIpc) is 2.81. The van der Waals surface area contributed by atoms with Crippen LogP contribution in [-0.4, -0.2) is 18.5 Å². The number of allylic oxidation sites excluding steroid dienone is 2. The topological polar surface area (TPSA) is 29.6 Å². The molecule has 1 rings (SSSR count). The highest BCUT2D eigenvalue weighted by molar-refractivity contribution is 5.64. The van der Waals surface area contributed by atoms with E-state index < -0.39 is 0 Å². The highest BCUT2D eigenvalue weighted by Gasteiger charge is 2.34. The highest BCUT2D eigenvalue weighted by atomic mass is 16.6. The molecule has 0 unspecified atom stereocenters. The molecule has 0 N–H and O–H groups in total. The van der Waals surface area contributed by atoms with Gasteiger partial charge in [-0.3, -0.25) is 4.79 Å². The highest BCUT2D eigenvalue weighted by Crippen LogP contribution is 2.26. The predicted octanol–water partition coefficient (Wildman–Crippen LogP) is 1.87. The third-order valence-electron chi connectivity index (χ3n) is 1.77. The van der Waals surface area contributed by atoms with Gasteiger partial charge in [0, 0.05) is 0 Å². The van der Waals surface area contributed by atoms with Crippen molar-refractivity contribution in [1.82, 2.24) is 0 Å². The number of hydrogen-bond donors (Lipinski definition) is 0. The van der Waals surface area contributed by atoms with Gasteiger partial charge in [0.1, 0.15) is 12.4 Å². The van der Waals surface area contributed by atoms with Gasteiger partial charge in [0.05, 0.1) is 6.10 Å². The molecule has 0 bridgehead atoms. The molecule has 0 radical (unpaired) electrons. The third kappa shape index (κ3) is 3.01. The van der Waals surface area contributed by atoms with Gasteiger partial charge >= 0.3 is 0 Å². The largest absolute Gasteiger partial charge is 0.365 e. The SMILES string of the molecule is CCC=CC[C@@H]1O[C@H]1C=CC=O. The molecule has 1 fully saturated rings. The number of aldehydes is 1. The Hall–Kier alpha value is -0.890. The van der Waals surface area contributed by atoms with Gasteiger partial charge in [-0.25, -0.2) is 0 Å². The van der Waals surface area contributed by atoms with Crippen LogP contribution in [0.4, 0.5) is 0 Å². The number of epoxide rings is 1. The van der Waals surface area contributed by atoms with Crippen LogP contribution >= 0.6 is 0 Å². The summed E-state index contributed by atoms with van der Waals surface area (Å²) in [6.07, 6.45) is 10.8. The Labute approximate surface area is 72.9 Å². The molecule has 0 aromatic heterocycles. The lowest BCUT2D eigenvalue weighted by Gasteiger charge is -1.82. The number of carbonyl (C=O) groups is 1. The summed E-state index contributed by atoms with van der Waals surface area (Å²) in [5.74, 6) is 0. The van der Waals surface area contributed by atoms with Crippen LogP contribution in [-0.2, 0) is 9.53 Å². The molecule has 2 atom stereocenters. The van der Waals surface area contributed by atoms with Gasteiger partial charge in [0.2, 0.25) is 0 Å². The first-order valence-electron chi connectivity index (χ1n) is 4.31. The first kappa shape index (κ1) is 9.20. The minimum absolute atomic E-state index is 0.178. The standard InChI is InChI=1S/C10H14O2/c1-2-3-4-6-9-10(12-9)7-5-8-11/h3-5,7-10H,2,6H2,1H3/t9-,10-/m0/s1. The zero-order valence-electron chi connectivity index (χ0n) is 7.27. The molecule has 1 heterocycles. The van der Waals surface area contributed by atoms with Crippen LogP contribution in [0, 0.1) is 0 Å². The minimum Gasteiger partial charge on any atom is -0.365 e. The molecule has 1 aliphatic heterocycles. The van der Waals surface area contributed by atoms with Gasteiger partial charge in [-0.2, -0.15) is 0 Å². The fourth-order valence-corrected chi connectivity index (χ4v) is 1.07. The van der Waals surface area contributed by atoms with E-state index in [0.717, 1.165) is 19.1 Å². The van der Waals surface area contributed by atoms with E-state index in [-0.39, 0.29) is 6.10 Å². The fourth-order valence-electron chi connectivity index (χ4n) is 1.07. The first-order valence-corrected chi connectivity index (χ1v) is 4.31. The second-order valence-corrected chi connectivity index (χ2v) is 2.78. The Kier molecular flexibility index (Phi) is 3.74.